The van der Waals surface area contributed by atoms with Crippen LogP contribution in [0.15, 0.2) is 30.3 Å². The number of aromatic carboxylic acids is 1. The lowest BCUT2D eigenvalue weighted by molar-refractivity contribution is 0.0683. The van der Waals surface area contributed by atoms with Crippen molar-refractivity contribution in [1.82, 2.24) is 9.97 Å². The van der Waals surface area contributed by atoms with Gasteiger partial charge in [0.1, 0.15) is 5.69 Å². The quantitative estimate of drug-likeness (QED) is 0.872. The standard InChI is InChI=1S/C15H15N3O3/c1-2-6-10-11(9-7-4-3-5-8-9)17-14(15(20)21)18-12(10)13(16)19/h3-5,7-8H,2,6H2,1H3,(H2,16,19)(H,20,21). The van der Waals surface area contributed by atoms with Crippen LogP contribution >= 0.6 is 0 Å². The Morgan fingerprint density at radius 2 is 1.86 bits per heavy atom. The summed E-state index contributed by atoms with van der Waals surface area (Å²) in [6.45, 7) is 1.95. The molecule has 0 saturated heterocycles. The molecule has 0 bridgehead atoms. The fourth-order valence-corrected chi connectivity index (χ4v) is 2.10. The summed E-state index contributed by atoms with van der Waals surface area (Å²) in [6, 6.07) is 9.09. The van der Waals surface area contributed by atoms with Crippen LogP contribution in [-0.4, -0.2) is 27.0 Å². The number of aromatic nitrogens is 2. The first kappa shape index (κ1) is 14.6. The first-order valence-corrected chi connectivity index (χ1v) is 6.54. The summed E-state index contributed by atoms with van der Waals surface area (Å²) in [5, 5.41) is 9.11. The number of amides is 1. The maximum atomic E-state index is 11.6. The van der Waals surface area contributed by atoms with Crippen LogP contribution in [0, 0.1) is 0 Å². The number of primary amides is 1. The van der Waals surface area contributed by atoms with Crippen molar-refractivity contribution < 1.29 is 14.7 Å². The molecule has 1 heterocycles. The van der Waals surface area contributed by atoms with Crippen LogP contribution in [0.5, 0.6) is 0 Å². The maximum Gasteiger partial charge on any atom is 0.373 e. The molecule has 108 valence electrons. The number of hydrogen-bond donors (Lipinski definition) is 2. The molecule has 0 spiro atoms. The van der Waals surface area contributed by atoms with E-state index in [-0.39, 0.29) is 5.69 Å². The number of carboxylic acid groups (broad SMARTS) is 1. The zero-order valence-corrected chi connectivity index (χ0v) is 11.5. The lowest BCUT2D eigenvalue weighted by Crippen LogP contribution is -2.20. The predicted octanol–water partition coefficient (Wildman–Crippen LogP) is 1.89. The molecule has 21 heavy (non-hydrogen) atoms. The Bertz CT molecular complexity index is 684. The summed E-state index contributed by atoms with van der Waals surface area (Å²) < 4.78 is 0. The van der Waals surface area contributed by atoms with E-state index in [9.17, 15) is 9.59 Å². The van der Waals surface area contributed by atoms with E-state index in [1.165, 1.54) is 0 Å². The lowest BCUT2D eigenvalue weighted by atomic mass is 10.00. The Morgan fingerprint density at radius 3 is 2.38 bits per heavy atom. The average molecular weight is 285 g/mol. The second-order valence-electron chi connectivity index (χ2n) is 4.51. The van der Waals surface area contributed by atoms with Gasteiger partial charge in [-0.15, -0.1) is 0 Å². The van der Waals surface area contributed by atoms with Gasteiger partial charge in [0, 0.05) is 11.1 Å². The summed E-state index contributed by atoms with van der Waals surface area (Å²) in [6.07, 6.45) is 1.30. The molecule has 0 saturated carbocycles. The van der Waals surface area contributed by atoms with Gasteiger partial charge in [0.2, 0.25) is 5.82 Å². The van der Waals surface area contributed by atoms with Gasteiger partial charge in [-0.2, -0.15) is 0 Å². The highest BCUT2D eigenvalue weighted by Gasteiger charge is 2.21. The van der Waals surface area contributed by atoms with E-state index in [1.54, 1.807) is 12.1 Å². The van der Waals surface area contributed by atoms with Crippen molar-refractivity contribution in [3.63, 3.8) is 0 Å². The normalized spacial score (nSPS) is 10.3. The summed E-state index contributed by atoms with van der Waals surface area (Å²) in [5.41, 5.74) is 7.07. The molecule has 0 radical (unpaired) electrons. The second kappa shape index (κ2) is 6.13. The van der Waals surface area contributed by atoms with Crippen molar-refractivity contribution in [2.45, 2.75) is 19.8 Å². The highest BCUT2D eigenvalue weighted by atomic mass is 16.4. The van der Waals surface area contributed by atoms with E-state index in [0.29, 0.717) is 17.7 Å². The van der Waals surface area contributed by atoms with Gasteiger partial charge in [-0.25, -0.2) is 14.8 Å². The van der Waals surface area contributed by atoms with E-state index in [1.807, 2.05) is 25.1 Å². The van der Waals surface area contributed by atoms with Gasteiger partial charge < -0.3 is 10.8 Å². The van der Waals surface area contributed by atoms with E-state index in [0.717, 1.165) is 12.0 Å². The zero-order chi connectivity index (χ0) is 15.4. The summed E-state index contributed by atoms with van der Waals surface area (Å²) in [7, 11) is 0. The maximum absolute atomic E-state index is 11.6. The minimum absolute atomic E-state index is 0.0249. The molecule has 2 aromatic rings. The minimum Gasteiger partial charge on any atom is -0.475 e. The average Bonchev–Trinajstić information content (AvgIpc) is 2.48. The monoisotopic (exact) mass is 285 g/mol. The molecule has 6 heteroatoms. The second-order valence-corrected chi connectivity index (χ2v) is 4.51. The topological polar surface area (TPSA) is 106 Å². The van der Waals surface area contributed by atoms with Crippen molar-refractivity contribution in [3.8, 4) is 11.3 Å². The van der Waals surface area contributed by atoms with Gasteiger partial charge in [0.25, 0.3) is 5.91 Å². The lowest BCUT2D eigenvalue weighted by Gasteiger charge is -2.12. The van der Waals surface area contributed by atoms with Crippen LogP contribution in [0.1, 0.15) is 40.0 Å². The van der Waals surface area contributed by atoms with Crippen LogP contribution in [0.25, 0.3) is 11.3 Å². The number of nitrogens with two attached hydrogens (primary N) is 1. The number of carbonyl (C=O) groups is 2. The molecule has 0 aliphatic carbocycles. The molecule has 2 rings (SSSR count). The Balaban J connectivity index is 2.76. The van der Waals surface area contributed by atoms with Crippen molar-refractivity contribution >= 4 is 11.9 Å². The molecule has 0 unspecified atom stereocenters. The number of benzene rings is 1. The van der Waals surface area contributed by atoms with Crippen LogP contribution in [0.3, 0.4) is 0 Å². The number of rotatable bonds is 5. The molecular formula is C15H15N3O3. The Morgan fingerprint density at radius 1 is 1.19 bits per heavy atom. The smallest absolute Gasteiger partial charge is 0.373 e. The third kappa shape index (κ3) is 3.05. The summed E-state index contributed by atoms with van der Waals surface area (Å²) >= 11 is 0. The van der Waals surface area contributed by atoms with Crippen LogP contribution in [-0.2, 0) is 6.42 Å². The molecule has 1 amide bonds. The van der Waals surface area contributed by atoms with Gasteiger partial charge in [0.05, 0.1) is 5.69 Å². The number of hydrogen-bond acceptors (Lipinski definition) is 4. The van der Waals surface area contributed by atoms with Crippen molar-refractivity contribution in [2.24, 2.45) is 5.73 Å². The van der Waals surface area contributed by atoms with E-state index in [4.69, 9.17) is 10.8 Å². The number of nitrogens with zero attached hydrogens (tertiary/aromatic N) is 2. The van der Waals surface area contributed by atoms with Crippen molar-refractivity contribution in [2.75, 3.05) is 0 Å². The first-order chi connectivity index (χ1) is 10.0. The predicted molar refractivity (Wildman–Crippen MR) is 76.9 cm³/mol. The zero-order valence-electron chi connectivity index (χ0n) is 11.5. The van der Waals surface area contributed by atoms with Gasteiger partial charge in [0.15, 0.2) is 0 Å². The number of carbonyl (C=O) groups excluding carboxylic acids is 1. The van der Waals surface area contributed by atoms with Gasteiger partial charge in [-0.1, -0.05) is 43.7 Å². The molecule has 3 N–H and O–H groups in total. The van der Waals surface area contributed by atoms with Crippen LogP contribution in [0.4, 0.5) is 0 Å². The highest BCUT2D eigenvalue weighted by molar-refractivity contribution is 5.95. The molecule has 0 aliphatic rings. The third-order valence-corrected chi connectivity index (χ3v) is 2.98. The molecule has 6 nitrogen and oxygen atoms in total. The summed E-state index contributed by atoms with van der Waals surface area (Å²) in [5.74, 6) is -2.47. The minimum atomic E-state index is -1.29. The van der Waals surface area contributed by atoms with Crippen LogP contribution in [0.2, 0.25) is 0 Å². The molecule has 1 aromatic carbocycles. The summed E-state index contributed by atoms with van der Waals surface area (Å²) in [4.78, 5) is 30.6. The third-order valence-electron chi connectivity index (χ3n) is 2.98. The van der Waals surface area contributed by atoms with Crippen LogP contribution < -0.4 is 5.73 Å². The fourth-order valence-electron chi connectivity index (χ4n) is 2.10. The molecule has 1 aromatic heterocycles. The van der Waals surface area contributed by atoms with Crippen molar-refractivity contribution in [3.05, 3.63) is 47.4 Å². The SMILES string of the molecule is CCCc1c(C(N)=O)nc(C(=O)O)nc1-c1ccccc1. The molecule has 0 fully saturated rings. The molecule has 0 aliphatic heterocycles. The van der Waals surface area contributed by atoms with Gasteiger partial charge in [-0.05, 0) is 6.42 Å². The Labute approximate surface area is 121 Å². The van der Waals surface area contributed by atoms with E-state index in [2.05, 4.69) is 9.97 Å². The highest BCUT2D eigenvalue weighted by Crippen LogP contribution is 2.25. The molecule has 0 atom stereocenters. The molecular weight excluding hydrogens is 270 g/mol. The van der Waals surface area contributed by atoms with E-state index >= 15 is 0 Å². The fraction of sp³-hybridized carbons (Fsp3) is 0.200. The largest absolute Gasteiger partial charge is 0.475 e. The first-order valence-electron chi connectivity index (χ1n) is 6.54. The van der Waals surface area contributed by atoms with E-state index < -0.39 is 17.7 Å². The Hall–Kier alpha value is -2.76. The van der Waals surface area contributed by atoms with Crippen molar-refractivity contribution in [1.29, 1.82) is 0 Å². The van der Waals surface area contributed by atoms with Gasteiger partial charge >= 0.3 is 5.97 Å². The van der Waals surface area contributed by atoms with Gasteiger partial charge in [-0.3, -0.25) is 4.79 Å². The Kier molecular flexibility index (Phi) is 4.27. The number of carboxylic acids is 1.